The van der Waals surface area contributed by atoms with Crippen LogP contribution in [0.4, 0.5) is 10.5 Å². The van der Waals surface area contributed by atoms with E-state index in [1.54, 1.807) is 24.3 Å². The summed E-state index contributed by atoms with van der Waals surface area (Å²) in [5, 5.41) is 11.6. The van der Waals surface area contributed by atoms with Crippen LogP contribution < -0.4 is 21.3 Å². The molecule has 0 atom stereocenters. The number of nitrogens with one attached hydrogen (secondary N) is 4. The van der Waals surface area contributed by atoms with E-state index in [1.807, 2.05) is 30.3 Å². The third-order valence-electron chi connectivity index (χ3n) is 5.79. The van der Waals surface area contributed by atoms with Crippen LogP contribution in [0.15, 0.2) is 54.6 Å². The number of carbonyl (C=O) groups is 3. The fraction of sp³-hybridized carbons (Fsp3) is 0.423. The SMILES string of the molecule is O=C(CCCNC(=O)NC1CCCCC1)Nc1ccccc1C(=O)NCCc1ccccc1. The van der Waals surface area contributed by atoms with Crippen molar-refractivity contribution in [3.05, 3.63) is 65.7 Å². The Labute approximate surface area is 195 Å². The highest BCUT2D eigenvalue weighted by Gasteiger charge is 2.16. The van der Waals surface area contributed by atoms with E-state index < -0.39 is 0 Å². The van der Waals surface area contributed by atoms with Gasteiger partial charge in [0.15, 0.2) is 0 Å². The maximum absolute atomic E-state index is 12.6. The standard InChI is InChI=1S/C26H34N4O3/c31-24(16-9-18-28-26(33)29-21-12-5-2-6-13-21)30-23-15-8-7-14-22(23)25(32)27-19-17-20-10-3-1-4-11-20/h1,3-4,7-8,10-11,14-15,21H,2,5-6,9,12-13,16-19H2,(H,27,32)(H,30,31)(H2,28,29,33). The van der Waals surface area contributed by atoms with Crippen molar-refractivity contribution >= 4 is 23.5 Å². The van der Waals surface area contributed by atoms with Crippen LogP contribution in [0, 0.1) is 0 Å². The number of hydrogen-bond acceptors (Lipinski definition) is 3. The lowest BCUT2D eigenvalue weighted by atomic mass is 9.96. The summed E-state index contributed by atoms with van der Waals surface area (Å²) in [6.45, 7) is 0.938. The van der Waals surface area contributed by atoms with Crippen LogP contribution in [0.5, 0.6) is 0 Å². The first-order chi connectivity index (χ1) is 16.1. The van der Waals surface area contributed by atoms with E-state index in [-0.39, 0.29) is 30.3 Å². The average molecular weight is 451 g/mol. The van der Waals surface area contributed by atoms with E-state index in [4.69, 9.17) is 0 Å². The van der Waals surface area contributed by atoms with Crippen molar-refractivity contribution < 1.29 is 14.4 Å². The molecule has 2 aromatic carbocycles. The molecule has 2 aromatic rings. The molecular formula is C26H34N4O3. The molecule has 1 aliphatic rings. The third-order valence-corrected chi connectivity index (χ3v) is 5.79. The maximum atomic E-state index is 12.6. The molecule has 1 fully saturated rings. The predicted molar refractivity (Wildman–Crippen MR) is 130 cm³/mol. The van der Waals surface area contributed by atoms with Crippen LogP contribution in [-0.2, 0) is 11.2 Å². The zero-order chi connectivity index (χ0) is 23.3. The fourth-order valence-electron chi connectivity index (χ4n) is 4.00. The van der Waals surface area contributed by atoms with Crippen LogP contribution in [0.3, 0.4) is 0 Å². The van der Waals surface area contributed by atoms with Gasteiger partial charge in [-0.2, -0.15) is 0 Å². The monoisotopic (exact) mass is 450 g/mol. The summed E-state index contributed by atoms with van der Waals surface area (Å²) < 4.78 is 0. The van der Waals surface area contributed by atoms with Crippen molar-refractivity contribution in [2.45, 2.75) is 57.4 Å². The summed E-state index contributed by atoms with van der Waals surface area (Å²) in [5.41, 5.74) is 2.08. The molecule has 0 saturated heterocycles. The number of rotatable bonds is 10. The van der Waals surface area contributed by atoms with Gasteiger partial charge in [0.05, 0.1) is 11.3 Å². The summed E-state index contributed by atoms with van der Waals surface area (Å²) >= 11 is 0. The summed E-state index contributed by atoms with van der Waals surface area (Å²) in [4.78, 5) is 37.0. The number of benzene rings is 2. The molecule has 7 heteroatoms. The zero-order valence-electron chi connectivity index (χ0n) is 19.1. The van der Waals surface area contributed by atoms with Crippen LogP contribution in [-0.4, -0.2) is 37.0 Å². The summed E-state index contributed by atoms with van der Waals surface area (Å²) in [6.07, 6.45) is 7.16. The molecule has 0 aliphatic heterocycles. The Morgan fingerprint density at radius 1 is 0.818 bits per heavy atom. The fourth-order valence-corrected chi connectivity index (χ4v) is 4.00. The first-order valence-corrected chi connectivity index (χ1v) is 11.9. The minimum atomic E-state index is -0.220. The van der Waals surface area contributed by atoms with Crippen LogP contribution in [0.25, 0.3) is 0 Å². The maximum Gasteiger partial charge on any atom is 0.315 e. The van der Waals surface area contributed by atoms with Gasteiger partial charge in [-0.15, -0.1) is 0 Å². The van der Waals surface area contributed by atoms with Gasteiger partial charge in [0, 0.05) is 25.6 Å². The molecule has 0 radical (unpaired) electrons. The van der Waals surface area contributed by atoms with Crippen molar-refractivity contribution in [1.29, 1.82) is 0 Å². The molecule has 176 valence electrons. The Morgan fingerprint density at radius 3 is 2.33 bits per heavy atom. The molecule has 7 nitrogen and oxygen atoms in total. The smallest absolute Gasteiger partial charge is 0.315 e. The van der Waals surface area contributed by atoms with E-state index in [1.165, 1.54) is 6.42 Å². The van der Waals surface area contributed by atoms with Gasteiger partial charge in [-0.1, -0.05) is 61.7 Å². The highest BCUT2D eigenvalue weighted by Crippen LogP contribution is 2.17. The highest BCUT2D eigenvalue weighted by atomic mass is 16.2. The molecule has 0 bridgehead atoms. The highest BCUT2D eigenvalue weighted by molar-refractivity contribution is 6.03. The van der Waals surface area contributed by atoms with E-state index >= 15 is 0 Å². The van der Waals surface area contributed by atoms with E-state index in [0.717, 1.165) is 37.7 Å². The van der Waals surface area contributed by atoms with E-state index in [0.29, 0.717) is 30.8 Å². The number of anilines is 1. The van der Waals surface area contributed by atoms with Crippen LogP contribution in [0.1, 0.15) is 60.9 Å². The molecule has 3 rings (SSSR count). The minimum Gasteiger partial charge on any atom is -0.352 e. The van der Waals surface area contributed by atoms with Gasteiger partial charge in [0.1, 0.15) is 0 Å². The second-order valence-electron chi connectivity index (χ2n) is 8.42. The molecule has 0 unspecified atom stereocenters. The first kappa shape index (κ1) is 24.3. The molecule has 4 amide bonds. The molecule has 4 N–H and O–H groups in total. The Balaban J connectivity index is 1.37. The summed E-state index contributed by atoms with van der Waals surface area (Å²) in [5.74, 6) is -0.406. The number of hydrogen-bond donors (Lipinski definition) is 4. The number of para-hydroxylation sites is 1. The van der Waals surface area contributed by atoms with Crippen LogP contribution >= 0.6 is 0 Å². The first-order valence-electron chi connectivity index (χ1n) is 11.9. The quantitative estimate of drug-likeness (QED) is 0.412. The largest absolute Gasteiger partial charge is 0.352 e. The molecule has 1 saturated carbocycles. The molecular weight excluding hydrogens is 416 g/mol. The van der Waals surface area contributed by atoms with E-state index in [2.05, 4.69) is 21.3 Å². The number of carbonyl (C=O) groups excluding carboxylic acids is 3. The zero-order valence-corrected chi connectivity index (χ0v) is 19.1. The molecule has 33 heavy (non-hydrogen) atoms. The van der Waals surface area contributed by atoms with Gasteiger partial charge >= 0.3 is 6.03 Å². The molecule has 0 heterocycles. The summed E-state index contributed by atoms with van der Waals surface area (Å²) in [6, 6.07) is 17.0. The van der Waals surface area contributed by atoms with Gasteiger partial charge in [-0.25, -0.2) is 4.79 Å². The number of urea groups is 1. The molecule has 1 aliphatic carbocycles. The van der Waals surface area contributed by atoms with Gasteiger partial charge in [-0.3, -0.25) is 9.59 Å². The van der Waals surface area contributed by atoms with Crippen molar-refractivity contribution in [2.24, 2.45) is 0 Å². The van der Waals surface area contributed by atoms with Crippen molar-refractivity contribution in [3.63, 3.8) is 0 Å². The average Bonchev–Trinajstić information content (AvgIpc) is 2.83. The Hall–Kier alpha value is -3.35. The van der Waals surface area contributed by atoms with Crippen molar-refractivity contribution in [2.75, 3.05) is 18.4 Å². The Morgan fingerprint density at radius 2 is 1.55 bits per heavy atom. The molecule has 0 aromatic heterocycles. The van der Waals surface area contributed by atoms with Crippen molar-refractivity contribution in [1.82, 2.24) is 16.0 Å². The second kappa shape index (κ2) is 13.3. The predicted octanol–water partition coefficient (Wildman–Crippen LogP) is 4.01. The van der Waals surface area contributed by atoms with E-state index in [9.17, 15) is 14.4 Å². The Bertz CT molecular complexity index is 911. The molecule has 0 spiro atoms. The summed E-state index contributed by atoms with van der Waals surface area (Å²) in [7, 11) is 0. The minimum absolute atomic E-state index is 0.167. The lowest BCUT2D eigenvalue weighted by molar-refractivity contribution is -0.116. The topological polar surface area (TPSA) is 99.3 Å². The van der Waals surface area contributed by atoms with Gasteiger partial charge in [0.2, 0.25) is 5.91 Å². The van der Waals surface area contributed by atoms with Gasteiger partial charge in [-0.05, 0) is 43.4 Å². The van der Waals surface area contributed by atoms with Gasteiger partial charge < -0.3 is 21.3 Å². The van der Waals surface area contributed by atoms with Crippen LogP contribution in [0.2, 0.25) is 0 Å². The third kappa shape index (κ3) is 8.60. The second-order valence-corrected chi connectivity index (χ2v) is 8.42. The number of amides is 4. The lowest BCUT2D eigenvalue weighted by Crippen LogP contribution is -2.43. The normalized spacial score (nSPS) is 13.7. The lowest BCUT2D eigenvalue weighted by Gasteiger charge is -2.22. The van der Waals surface area contributed by atoms with Crippen molar-refractivity contribution in [3.8, 4) is 0 Å². The van der Waals surface area contributed by atoms with Gasteiger partial charge in [0.25, 0.3) is 5.91 Å². The Kier molecular flexibility index (Phi) is 9.76.